The molecule has 0 bridgehead atoms. The van der Waals surface area contributed by atoms with E-state index in [0.29, 0.717) is 17.7 Å². The Morgan fingerprint density at radius 2 is 1.55 bits per heavy atom. The third kappa shape index (κ3) is 4.35. The molecule has 0 saturated carbocycles. The fourth-order valence-electron chi connectivity index (χ4n) is 3.80. The summed E-state index contributed by atoms with van der Waals surface area (Å²) in [6.07, 6.45) is 0.850. The Morgan fingerprint density at radius 3 is 2.24 bits per heavy atom. The summed E-state index contributed by atoms with van der Waals surface area (Å²) in [5, 5.41) is 0. The molecule has 1 aliphatic heterocycles. The highest BCUT2D eigenvalue weighted by atomic mass is 19.1. The third-order valence-electron chi connectivity index (χ3n) is 5.40. The summed E-state index contributed by atoms with van der Waals surface area (Å²) in [4.78, 5) is 15.5. The number of rotatable bonds is 5. The van der Waals surface area contributed by atoms with Crippen LogP contribution < -0.4 is 4.90 Å². The zero-order chi connectivity index (χ0) is 20.2. The number of carbonyl (C=O) groups is 1. The van der Waals surface area contributed by atoms with E-state index in [4.69, 9.17) is 0 Å². The number of hydrogen-bond donors (Lipinski definition) is 0. The molecule has 0 N–H and O–H groups in total. The largest absolute Gasteiger partial charge is 0.369 e. The van der Waals surface area contributed by atoms with Crippen molar-refractivity contribution in [3.05, 3.63) is 89.5 Å². The minimum absolute atomic E-state index is 0.427. The van der Waals surface area contributed by atoms with Gasteiger partial charge in [0.15, 0.2) is 0 Å². The van der Waals surface area contributed by atoms with Gasteiger partial charge in [0.25, 0.3) is 0 Å². The maximum Gasteiger partial charge on any atom is 0.150 e. The van der Waals surface area contributed by atoms with Crippen molar-refractivity contribution in [3.63, 3.8) is 0 Å². The highest BCUT2D eigenvalue weighted by Crippen LogP contribution is 2.28. The van der Waals surface area contributed by atoms with Crippen molar-refractivity contribution in [2.75, 3.05) is 31.1 Å². The van der Waals surface area contributed by atoms with E-state index in [0.717, 1.165) is 55.3 Å². The Morgan fingerprint density at radius 1 is 0.828 bits per heavy atom. The van der Waals surface area contributed by atoms with Crippen molar-refractivity contribution in [2.24, 2.45) is 0 Å². The van der Waals surface area contributed by atoms with E-state index in [1.54, 1.807) is 0 Å². The van der Waals surface area contributed by atoms with Gasteiger partial charge in [-0.15, -0.1) is 0 Å². The van der Waals surface area contributed by atoms with Gasteiger partial charge in [-0.05, 0) is 47.5 Å². The van der Waals surface area contributed by atoms with Gasteiger partial charge in [-0.1, -0.05) is 24.3 Å². The normalized spacial score (nSPS) is 14.8. The smallest absolute Gasteiger partial charge is 0.150 e. The molecule has 1 heterocycles. The van der Waals surface area contributed by atoms with Crippen LogP contribution in [0.3, 0.4) is 0 Å². The van der Waals surface area contributed by atoms with Crippen LogP contribution in [0.25, 0.3) is 11.1 Å². The molecule has 1 aliphatic rings. The standard InChI is InChI=1S/C24H22F2N2O/c25-20-7-10-23(24(26)15-20)22-4-2-1-3-19(22)16-27-11-13-28(14-12-27)21-8-5-18(17-29)6-9-21/h1-10,15,17H,11-14,16H2. The average Bonchev–Trinajstić information content (AvgIpc) is 2.75. The fraction of sp³-hybridized carbons (Fsp3) is 0.208. The van der Waals surface area contributed by atoms with Gasteiger partial charge in [0, 0.05) is 55.6 Å². The molecule has 3 nitrogen and oxygen atoms in total. The van der Waals surface area contributed by atoms with E-state index < -0.39 is 11.6 Å². The van der Waals surface area contributed by atoms with E-state index in [2.05, 4.69) is 9.80 Å². The second-order valence-electron chi connectivity index (χ2n) is 7.25. The number of benzene rings is 3. The molecule has 3 aromatic carbocycles. The zero-order valence-electron chi connectivity index (χ0n) is 16.0. The topological polar surface area (TPSA) is 23.6 Å². The molecule has 5 heteroatoms. The number of halogens is 2. The minimum Gasteiger partial charge on any atom is -0.369 e. The van der Waals surface area contributed by atoms with Crippen LogP contribution >= 0.6 is 0 Å². The van der Waals surface area contributed by atoms with E-state index in [1.807, 2.05) is 48.5 Å². The van der Waals surface area contributed by atoms with Crippen molar-refractivity contribution in [1.82, 2.24) is 4.90 Å². The monoisotopic (exact) mass is 392 g/mol. The molecule has 0 spiro atoms. The SMILES string of the molecule is O=Cc1ccc(N2CCN(Cc3ccccc3-c3ccc(F)cc3F)CC2)cc1. The predicted octanol–water partition coefficient (Wildman–Crippen LogP) is 4.77. The summed E-state index contributed by atoms with van der Waals surface area (Å²) in [5.74, 6) is -1.11. The van der Waals surface area contributed by atoms with Crippen LogP contribution in [-0.4, -0.2) is 37.4 Å². The first-order chi connectivity index (χ1) is 14.1. The van der Waals surface area contributed by atoms with Crippen molar-refractivity contribution in [1.29, 1.82) is 0 Å². The zero-order valence-corrected chi connectivity index (χ0v) is 16.0. The molecule has 0 aromatic heterocycles. The number of aldehydes is 1. The first kappa shape index (κ1) is 19.3. The van der Waals surface area contributed by atoms with Crippen LogP contribution in [-0.2, 0) is 6.54 Å². The highest BCUT2D eigenvalue weighted by molar-refractivity contribution is 5.75. The van der Waals surface area contributed by atoms with Crippen LogP contribution in [0.2, 0.25) is 0 Å². The molecule has 0 unspecified atom stereocenters. The van der Waals surface area contributed by atoms with Gasteiger partial charge in [-0.2, -0.15) is 0 Å². The molecule has 0 radical (unpaired) electrons. The summed E-state index contributed by atoms with van der Waals surface area (Å²) in [6.45, 7) is 4.25. The second-order valence-corrected chi connectivity index (χ2v) is 7.25. The van der Waals surface area contributed by atoms with Gasteiger partial charge < -0.3 is 4.90 Å². The van der Waals surface area contributed by atoms with Crippen molar-refractivity contribution >= 4 is 12.0 Å². The number of nitrogens with zero attached hydrogens (tertiary/aromatic N) is 2. The van der Waals surface area contributed by atoms with Gasteiger partial charge in [-0.3, -0.25) is 9.69 Å². The first-order valence-corrected chi connectivity index (χ1v) is 9.70. The Bertz CT molecular complexity index is 996. The highest BCUT2D eigenvalue weighted by Gasteiger charge is 2.19. The van der Waals surface area contributed by atoms with Crippen molar-refractivity contribution < 1.29 is 13.6 Å². The number of carbonyl (C=O) groups excluding carboxylic acids is 1. The van der Waals surface area contributed by atoms with Crippen LogP contribution in [0.4, 0.5) is 14.5 Å². The molecule has 4 rings (SSSR count). The molecule has 0 aliphatic carbocycles. The Balaban J connectivity index is 1.45. The lowest BCUT2D eigenvalue weighted by Gasteiger charge is -2.36. The van der Waals surface area contributed by atoms with E-state index in [-0.39, 0.29) is 0 Å². The Hall–Kier alpha value is -3.05. The molecule has 0 atom stereocenters. The second kappa shape index (κ2) is 8.53. The first-order valence-electron chi connectivity index (χ1n) is 9.70. The number of hydrogen-bond acceptors (Lipinski definition) is 3. The third-order valence-corrected chi connectivity index (χ3v) is 5.40. The molecule has 1 fully saturated rings. The average molecular weight is 392 g/mol. The molecular formula is C24H22F2N2O. The molecule has 1 saturated heterocycles. The van der Waals surface area contributed by atoms with Gasteiger partial charge in [0.1, 0.15) is 17.9 Å². The summed E-state index contributed by atoms with van der Waals surface area (Å²) in [6, 6.07) is 19.1. The van der Waals surface area contributed by atoms with Crippen LogP contribution in [0.5, 0.6) is 0 Å². The lowest BCUT2D eigenvalue weighted by Crippen LogP contribution is -2.46. The van der Waals surface area contributed by atoms with Gasteiger partial charge in [0.2, 0.25) is 0 Å². The van der Waals surface area contributed by atoms with Gasteiger partial charge >= 0.3 is 0 Å². The summed E-state index contributed by atoms with van der Waals surface area (Å²) in [5.41, 5.74) is 4.05. The quantitative estimate of drug-likeness (QED) is 0.585. The van der Waals surface area contributed by atoms with Crippen LogP contribution in [0, 0.1) is 11.6 Å². The van der Waals surface area contributed by atoms with Gasteiger partial charge in [-0.25, -0.2) is 8.78 Å². The predicted molar refractivity (Wildman–Crippen MR) is 111 cm³/mol. The summed E-state index contributed by atoms with van der Waals surface area (Å²) >= 11 is 0. The van der Waals surface area contributed by atoms with Crippen molar-refractivity contribution in [3.8, 4) is 11.1 Å². The molecule has 29 heavy (non-hydrogen) atoms. The molecule has 0 amide bonds. The van der Waals surface area contributed by atoms with E-state index >= 15 is 0 Å². The molecule has 3 aromatic rings. The van der Waals surface area contributed by atoms with Crippen LogP contribution in [0.1, 0.15) is 15.9 Å². The number of anilines is 1. The molecule has 148 valence electrons. The Kier molecular flexibility index (Phi) is 5.67. The maximum absolute atomic E-state index is 14.3. The lowest BCUT2D eigenvalue weighted by atomic mass is 9.98. The van der Waals surface area contributed by atoms with Crippen LogP contribution in [0.15, 0.2) is 66.7 Å². The fourth-order valence-corrected chi connectivity index (χ4v) is 3.80. The maximum atomic E-state index is 14.3. The minimum atomic E-state index is -0.568. The van der Waals surface area contributed by atoms with Crippen molar-refractivity contribution in [2.45, 2.75) is 6.54 Å². The summed E-state index contributed by atoms with van der Waals surface area (Å²) in [7, 11) is 0. The number of piperazine rings is 1. The van der Waals surface area contributed by atoms with E-state index in [9.17, 15) is 13.6 Å². The van der Waals surface area contributed by atoms with E-state index in [1.165, 1.54) is 12.1 Å². The molecular weight excluding hydrogens is 370 g/mol. The van der Waals surface area contributed by atoms with Gasteiger partial charge in [0.05, 0.1) is 0 Å². The lowest BCUT2D eigenvalue weighted by molar-refractivity contribution is 0.112. The summed E-state index contributed by atoms with van der Waals surface area (Å²) < 4.78 is 27.6. The Labute approximate surface area is 169 Å².